The number of rotatable bonds is 8. The van der Waals surface area contributed by atoms with Gasteiger partial charge in [-0.15, -0.1) is 0 Å². The number of ether oxygens (including phenoxy) is 2. The van der Waals surface area contributed by atoms with E-state index in [1.165, 1.54) is 7.11 Å². The molecule has 3 aromatic carbocycles. The highest BCUT2D eigenvalue weighted by Gasteiger charge is 2.26. The molecule has 152 valence electrons. The molecule has 0 bridgehead atoms. The Hall–Kier alpha value is -3.93. The first-order valence-corrected chi connectivity index (χ1v) is 9.35. The van der Waals surface area contributed by atoms with Gasteiger partial charge >= 0.3 is 5.97 Å². The number of ketones is 1. The van der Waals surface area contributed by atoms with E-state index in [0.29, 0.717) is 22.4 Å². The lowest BCUT2D eigenvalue weighted by Crippen LogP contribution is -2.32. The van der Waals surface area contributed by atoms with E-state index in [2.05, 4.69) is 5.32 Å². The van der Waals surface area contributed by atoms with Gasteiger partial charge < -0.3 is 14.8 Å². The second-order valence-corrected chi connectivity index (χ2v) is 6.39. The zero-order valence-corrected chi connectivity index (χ0v) is 16.4. The Morgan fingerprint density at radius 3 is 2.10 bits per heavy atom. The van der Waals surface area contributed by atoms with Gasteiger partial charge in [0.15, 0.2) is 6.10 Å². The Bertz CT molecular complexity index is 1020. The molecule has 0 saturated heterocycles. The van der Waals surface area contributed by atoms with Gasteiger partial charge in [0.2, 0.25) is 5.78 Å². The van der Waals surface area contributed by atoms with Crippen molar-refractivity contribution in [3.63, 3.8) is 0 Å². The highest BCUT2D eigenvalue weighted by atomic mass is 16.5. The Morgan fingerprint density at radius 1 is 0.833 bits per heavy atom. The van der Waals surface area contributed by atoms with Crippen molar-refractivity contribution in [2.24, 2.45) is 0 Å². The number of para-hydroxylation sites is 1. The van der Waals surface area contributed by atoms with Gasteiger partial charge in [0.05, 0.1) is 12.7 Å². The van der Waals surface area contributed by atoms with E-state index in [1.54, 1.807) is 78.9 Å². The van der Waals surface area contributed by atoms with Crippen LogP contribution in [-0.2, 0) is 9.53 Å². The summed E-state index contributed by atoms with van der Waals surface area (Å²) in [5.74, 6) is -1.15. The number of hydrogen-bond acceptors (Lipinski definition) is 5. The number of carbonyl (C=O) groups is 3. The van der Waals surface area contributed by atoms with Gasteiger partial charge in [0.25, 0.3) is 5.91 Å². The van der Waals surface area contributed by atoms with E-state index in [-0.39, 0.29) is 12.3 Å². The van der Waals surface area contributed by atoms with Crippen molar-refractivity contribution in [3.8, 4) is 5.75 Å². The summed E-state index contributed by atoms with van der Waals surface area (Å²) >= 11 is 0. The molecule has 1 amide bonds. The molecule has 0 heterocycles. The van der Waals surface area contributed by atoms with Crippen molar-refractivity contribution in [2.45, 2.75) is 6.10 Å². The number of benzene rings is 3. The molecule has 1 N–H and O–H groups in total. The van der Waals surface area contributed by atoms with Crippen LogP contribution < -0.4 is 10.1 Å². The number of methoxy groups -OCH3 is 1. The number of Topliss-reactive ketones (excluding diaryl/α,β-unsaturated/α-hetero) is 1. The molecule has 0 spiro atoms. The summed E-state index contributed by atoms with van der Waals surface area (Å²) in [7, 11) is 1.46. The van der Waals surface area contributed by atoms with Gasteiger partial charge in [0, 0.05) is 11.1 Å². The molecule has 0 unspecified atom stereocenters. The summed E-state index contributed by atoms with van der Waals surface area (Å²) in [6.07, 6.45) is -1.11. The van der Waals surface area contributed by atoms with Crippen LogP contribution in [0.1, 0.15) is 32.4 Å². The molecule has 0 aliphatic rings. The van der Waals surface area contributed by atoms with Crippen molar-refractivity contribution in [1.82, 2.24) is 5.32 Å². The molecule has 0 fully saturated rings. The van der Waals surface area contributed by atoms with Crippen LogP contribution in [0.3, 0.4) is 0 Å². The molecule has 0 saturated carbocycles. The molecular weight excluding hydrogens is 382 g/mol. The average molecular weight is 403 g/mol. The Morgan fingerprint density at radius 2 is 1.43 bits per heavy atom. The van der Waals surface area contributed by atoms with Gasteiger partial charge in [-0.1, -0.05) is 72.8 Å². The highest BCUT2D eigenvalue weighted by Crippen LogP contribution is 2.23. The van der Waals surface area contributed by atoms with Crippen molar-refractivity contribution < 1.29 is 23.9 Å². The number of esters is 1. The summed E-state index contributed by atoms with van der Waals surface area (Å²) in [5, 5.41) is 2.50. The lowest BCUT2D eigenvalue weighted by Gasteiger charge is -2.18. The fraction of sp³-hybridized carbons (Fsp3) is 0.125. The number of amides is 1. The van der Waals surface area contributed by atoms with Crippen LogP contribution in [0.4, 0.5) is 0 Å². The minimum absolute atomic E-state index is 0.299. The molecule has 6 nitrogen and oxygen atoms in total. The summed E-state index contributed by atoms with van der Waals surface area (Å²) in [4.78, 5) is 37.7. The zero-order chi connectivity index (χ0) is 21.3. The second kappa shape index (κ2) is 10.0. The SMILES string of the molecule is COc1ccccc1C(=O)NCC(=O)O[C@H](C(=O)c1ccccc1)c1ccccc1. The topological polar surface area (TPSA) is 81.7 Å². The first kappa shape index (κ1) is 20.8. The number of hydrogen-bond donors (Lipinski definition) is 1. The molecule has 30 heavy (non-hydrogen) atoms. The molecule has 3 aromatic rings. The Labute approximate surface area is 174 Å². The van der Waals surface area contributed by atoms with E-state index in [0.717, 1.165) is 0 Å². The maximum absolute atomic E-state index is 12.9. The maximum atomic E-state index is 12.9. The summed E-state index contributed by atoms with van der Waals surface area (Å²) in [6.45, 7) is -0.387. The van der Waals surface area contributed by atoms with Gasteiger partial charge in [0.1, 0.15) is 12.3 Å². The monoisotopic (exact) mass is 403 g/mol. The van der Waals surface area contributed by atoms with Crippen LogP contribution in [-0.4, -0.2) is 31.3 Å². The van der Waals surface area contributed by atoms with Crippen molar-refractivity contribution in [1.29, 1.82) is 0 Å². The third-order valence-electron chi connectivity index (χ3n) is 4.39. The fourth-order valence-corrected chi connectivity index (χ4v) is 2.91. The minimum Gasteiger partial charge on any atom is -0.496 e. The lowest BCUT2D eigenvalue weighted by molar-refractivity contribution is -0.146. The first-order valence-electron chi connectivity index (χ1n) is 9.35. The summed E-state index contributed by atoms with van der Waals surface area (Å²) in [6, 6.07) is 24.0. The van der Waals surface area contributed by atoms with E-state index < -0.39 is 18.0 Å². The van der Waals surface area contributed by atoms with E-state index in [4.69, 9.17) is 9.47 Å². The predicted octanol–water partition coefficient (Wildman–Crippen LogP) is 3.59. The molecule has 3 rings (SSSR count). The number of nitrogens with one attached hydrogen (secondary N) is 1. The van der Waals surface area contributed by atoms with E-state index >= 15 is 0 Å². The zero-order valence-electron chi connectivity index (χ0n) is 16.4. The lowest BCUT2D eigenvalue weighted by atomic mass is 10.00. The fourth-order valence-electron chi connectivity index (χ4n) is 2.91. The van der Waals surface area contributed by atoms with Gasteiger partial charge in [-0.3, -0.25) is 14.4 Å². The minimum atomic E-state index is -1.11. The quantitative estimate of drug-likeness (QED) is 0.459. The summed E-state index contributed by atoms with van der Waals surface area (Å²) in [5.41, 5.74) is 1.28. The normalized spacial score (nSPS) is 11.2. The second-order valence-electron chi connectivity index (χ2n) is 6.39. The largest absolute Gasteiger partial charge is 0.496 e. The van der Waals surface area contributed by atoms with Crippen molar-refractivity contribution in [3.05, 3.63) is 102 Å². The smallest absolute Gasteiger partial charge is 0.326 e. The van der Waals surface area contributed by atoms with Crippen LogP contribution in [0.15, 0.2) is 84.9 Å². The number of carbonyl (C=O) groups excluding carboxylic acids is 3. The molecule has 0 aliphatic carbocycles. The van der Waals surface area contributed by atoms with Crippen LogP contribution in [0, 0.1) is 0 Å². The standard InChI is InChI=1S/C24H21NO5/c1-29-20-15-9-8-14-19(20)24(28)25-16-21(26)30-23(18-12-6-3-7-13-18)22(27)17-10-4-2-5-11-17/h2-15,23H,16H2,1H3,(H,25,28)/t23-/m0/s1. The van der Waals surface area contributed by atoms with Crippen molar-refractivity contribution in [2.75, 3.05) is 13.7 Å². The van der Waals surface area contributed by atoms with Crippen LogP contribution in [0.25, 0.3) is 0 Å². The molecular formula is C24H21NO5. The van der Waals surface area contributed by atoms with Crippen LogP contribution >= 0.6 is 0 Å². The predicted molar refractivity (Wildman–Crippen MR) is 111 cm³/mol. The molecule has 1 atom stereocenters. The van der Waals surface area contributed by atoms with Gasteiger partial charge in [-0.2, -0.15) is 0 Å². The van der Waals surface area contributed by atoms with Gasteiger partial charge in [-0.05, 0) is 12.1 Å². The van der Waals surface area contributed by atoms with Crippen LogP contribution in [0.2, 0.25) is 0 Å². The van der Waals surface area contributed by atoms with Crippen molar-refractivity contribution >= 4 is 17.7 Å². The average Bonchev–Trinajstić information content (AvgIpc) is 2.81. The third-order valence-corrected chi connectivity index (χ3v) is 4.39. The van der Waals surface area contributed by atoms with E-state index in [1.807, 2.05) is 6.07 Å². The van der Waals surface area contributed by atoms with Crippen LogP contribution in [0.5, 0.6) is 5.75 Å². The molecule has 0 radical (unpaired) electrons. The highest BCUT2D eigenvalue weighted by molar-refractivity contribution is 6.01. The van der Waals surface area contributed by atoms with Gasteiger partial charge in [-0.25, -0.2) is 0 Å². The van der Waals surface area contributed by atoms with E-state index in [9.17, 15) is 14.4 Å². The maximum Gasteiger partial charge on any atom is 0.326 e. The molecule has 0 aromatic heterocycles. The third kappa shape index (κ3) is 5.11. The Kier molecular flexibility index (Phi) is 6.95. The summed E-state index contributed by atoms with van der Waals surface area (Å²) < 4.78 is 10.6. The molecule has 0 aliphatic heterocycles. The molecule has 6 heteroatoms. The first-order chi connectivity index (χ1) is 14.6. The Balaban J connectivity index is 1.71.